The van der Waals surface area contributed by atoms with Gasteiger partial charge in [0.2, 0.25) is 0 Å². The van der Waals surface area contributed by atoms with Crippen molar-refractivity contribution in [3.8, 4) is 0 Å². The Hall–Kier alpha value is 0.0700. The molecule has 0 aromatic heterocycles. The first-order valence-corrected chi connectivity index (χ1v) is 7.23. The van der Waals surface area contributed by atoms with E-state index in [1.807, 2.05) is 0 Å². The molecule has 1 aliphatic heterocycles. The number of nitrogens with one attached hydrogen (secondary N) is 1. The molecule has 2 N–H and O–H groups in total. The number of aliphatic hydroxyl groups excluding tert-OH is 1. The Balaban J connectivity index is 2.37. The highest BCUT2D eigenvalue weighted by molar-refractivity contribution is 8.01. The lowest BCUT2D eigenvalue weighted by molar-refractivity contribution is 0.157. The SMILES string of the molecule is C[SH](C)(=O)C[C@@H](O)[C@@H]1CCCN1. The van der Waals surface area contributed by atoms with Crippen LogP contribution in [-0.4, -0.2) is 46.3 Å². The molecule has 0 saturated carbocycles. The molecule has 0 aliphatic carbocycles. The summed E-state index contributed by atoms with van der Waals surface area (Å²) in [6.45, 7) is 0.986. The summed E-state index contributed by atoms with van der Waals surface area (Å²) in [5.74, 6) is 0.449. The van der Waals surface area contributed by atoms with Crippen LogP contribution < -0.4 is 5.32 Å². The van der Waals surface area contributed by atoms with E-state index in [9.17, 15) is 9.32 Å². The van der Waals surface area contributed by atoms with Gasteiger partial charge in [-0.05, 0) is 31.9 Å². The van der Waals surface area contributed by atoms with Crippen molar-refractivity contribution in [1.29, 1.82) is 0 Å². The van der Waals surface area contributed by atoms with Gasteiger partial charge in [0.25, 0.3) is 0 Å². The van der Waals surface area contributed by atoms with Gasteiger partial charge in [0.15, 0.2) is 0 Å². The zero-order valence-corrected chi connectivity index (χ0v) is 8.68. The van der Waals surface area contributed by atoms with Crippen LogP contribution in [0, 0.1) is 0 Å². The van der Waals surface area contributed by atoms with Gasteiger partial charge in [0, 0.05) is 11.8 Å². The van der Waals surface area contributed by atoms with Crippen LogP contribution in [0.1, 0.15) is 12.8 Å². The highest BCUT2D eigenvalue weighted by Gasteiger charge is 2.24. The van der Waals surface area contributed by atoms with E-state index in [1.165, 1.54) is 0 Å². The average molecular weight is 193 g/mol. The van der Waals surface area contributed by atoms with Gasteiger partial charge in [-0.25, -0.2) is 0 Å². The molecule has 0 spiro atoms. The summed E-state index contributed by atoms with van der Waals surface area (Å²) < 4.78 is 11.4. The second-order valence-electron chi connectivity index (χ2n) is 4.03. The summed E-state index contributed by atoms with van der Waals surface area (Å²) in [7, 11) is -2.06. The lowest BCUT2D eigenvalue weighted by Gasteiger charge is -2.22. The predicted molar refractivity (Wildman–Crippen MR) is 53.3 cm³/mol. The highest BCUT2D eigenvalue weighted by atomic mass is 32.2. The van der Waals surface area contributed by atoms with Gasteiger partial charge in [-0.2, -0.15) is 0 Å². The van der Waals surface area contributed by atoms with Crippen LogP contribution in [0.3, 0.4) is 0 Å². The molecule has 0 bridgehead atoms. The summed E-state index contributed by atoms with van der Waals surface area (Å²) in [6, 6.07) is 0.179. The van der Waals surface area contributed by atoms with Crippen molar-refractivity contribution in [2.24, 2.45) is 0 Å². The molecule has 0 aromatic carbocycles. The lowest BCUT2D eigenvalue weighted by atomic mass is 10.1. The number of hydrogen-bond donors (Lipinski definition) is 3. The van der Waals surface area contributed by atoms with Gasteiger partial charge in [0.05, 0.1) is 6.10 Å². The quantitative estimate of drug-likeness (QED) is 0.523. The summed E-state index contributed by atoms with van der Waals surface area (Å²) in [5.41, 5.74) is 0. The Morgan fingerprint density at radius 3 is 2.75 bits per heavy atom. The number of aliphatic hydroxyl groups is 1. The molecule has 0 aromatic rings. The number of hydrogen-bond acceptors (Lipinski definition) is 3. The molecule has 3 nitrogen and oxygen atoms in total. The van der Waals surface area contributed by atoms with Gasteiger partial charge in [-0.1, -0.05) is 0 Å². The maximum Gasteiger partial charge on any atom is 0.0789 e. The fourth-order valence-corrected chi connectivity index (χ4v) is 2.77. The van der Waals surface area contributed by atoms with E-state index in [0.29, 0.717) is 5.75 Å². The van der Waals surface area contributed by atoms with Crippen molar-refractivity contribution in [2.75, 3.05) is 24.8 Å². The van der Waals surface area contributed by atoms with Crippen molar-refractivity contribution < 1.29 is 9.32 Å². The van der Waals surface area contributed by atoms with E-state index in [1.54, 1.807) is 12.5 Å². The summed E-state index contributed by atoms with van der Waals surface area (Å²) in [5, 5.41) is 12.9. The minimum atomic E-state index is -2.06. The van der Waals surface area contributed by atoms with Gasteiger partial charge in [-0.15, -0.1) is 9.93 Å². The third-order valence-corrected chi connectivity index (χ3v) is 3.44. The van der Waals surface area contributed by atoms with Gasteiger partial charge < -0.3 is 10.4 Å². The van der Waals surface area contributed by atoms with Crippen LogP contribution in [0.4, 0.5) is 0 Å². The van der Waals surface area contributed by atoms with E-state index < -0.39 is 16.0 Å². The Kier molecular flexibility index (Phi) is 3.26. The molecular weight excluding hydrogens is 174 g/mol. The highest BCUT2D eigenvalue weighted by Crippen LogP contribution is 2.11. The molecule has 0 unspecified atom stereocenters. The molecule has 1 rings (SSSR count). The normalized spacial score (nSPS) is 28.8. The third-order valence-electron chi connectivity index (χ3n) is 2.19. The molecule has 2 atom stereocenters. The molecule has 1 fully saturated rings. The molecule has 0 amide bonds. The molecule has 74 valence electrons. The standard InChI is InChI=1S/C8H19NO2S/c1-12(2,11)6-8(10)7-4-3-5-9-7/h7-10,12H,3-6H2,1-2H3/t7-,8+/m0/s1. The molecule has 1 aliphatic rings. The largest absolute Gasteiger partial charge is 0.391 e. The first kappa shape index (κ1) is 10.2. The van der Waals surface area contributed by atoms with Crippen LogP contribution in [0.5, 0.6) is 0 Å². The minimum absolute atomic E-state index is 0.179. The Labute approximate surface area is 75.0 Å². The number of thiol groups is 1. The van der Waals surface area contributed by atoms with Crippen LogP contribution in [0.2, 0.25) is 0 Å². The van der Waals surface area contributed by atoms with Crippen molar-refractivity contribution in [2.45, 2.75) is 25.0 Å². The fourth-order valence-electron chi connectivity index (χ4n) is 1.62. The summed E-state index contributed by atoms with van der Waals surface area (Å²) >= 11 is 0. The Bertz CT molecular complexity index is 183. The topological polar surface area (TPSA) is 49.3 Å². The first-order chi connectivity index (χ1) is 5.49. The van der Waals surface area contributed by atoms with E-state index >= 15 is 0 Å². The smallest absolute Gasteiger partial charge is 0.0789 e. The Morgan fingerprint density at radius 2 is 2.33 bits per heavy atom. The Morgan fingerprint density at radius 1 is 1.67 bits per heavy atom. The fraction of sp³-hybridized carbons (Fsp3) is 1.00. The molecule has 12 heavy (non-hydrogen) atoms. The van der Waals surface area contributed by atoms with Crippen molar-refractivity contribution in [1.82, 2.24) is 5.32 Å². The first-order valence-electron chi connectivity index (χ1n) is 4.44. The maximum absolute atomic E-state index is 11.4. The van der Waals surface area contributed by atoms with Crippen LogP contribution in [0.15, 0.2) is 0 Å². The van der Waals surface area contributed by atoms with Crippen LogP contribution in [0.25, 0.3) is 0 Å². The van der Waals surface area contributed by atoms with E-state index in [4.69, 9.17) is 0 Å². The van der Waals surface area contributed by atoms with E-state index in [0.717, 1.165) is 19.4 Å². The summed E-state index contributed by atoms with van der Waals surface area (Å²) in [6.07, 6.45) is 5.17. The average Bonchev–Trinajstić information content (AvgIpc) is 2.32. The molecule has 0 radical (unpaired) electrons. The molecule has 1 saturated heterocycles. The zero-order chi connectivity index (χ0) is 9.19. The maximum atomic E-state index is 11.4. The summed E-state index contributed by atoms with van der Waals surface area (Å²) in [4.78, 5) is 0. The molecule has 4 heteroatoms. The van der Waals surface area contributed by atoms with Crippen LogP contribution >= 0.6 is 0 Å². The third kappa shape index (κ3) is 3.21. The molecular formula is C8H19NO2S. The van der Waals surface area contributed by atoms with E-state index in [-0.39, 0.29) is 6.04 Å². The van der Waals surface area contributed by atoms with E-state index in [2.05, 4.69) is 5.32 Å². The lowest BCUT2D eigenvalue weighted by Crippen LogP contribution is -2.40. The predicted octanol–water partition coefficient (Wildman–Crippen LogP) is -0.624. The number of rotatable bonds is 3. The second-order valence-corrected chi connectivity index (χ2v) is 7.54. The monoisotopic (exact) mass is 193 g/mol. The zero-order valence-electron chi connectivity index (χ0n) is 7.79. The van der Waals surface area contributed by atoms with Gasteiger partial charge >= 0.3 is 0 Å². The van der Waals surface area contributed by atoms with Gasteiger partial charge in [-0.3, -0.25) is 4.21 Å². The van der Waals surface area contributed by atoms with Crippen molar-refractivity contribution >= 4 is 9.93 Å². The van der Waals surface area contributed by atoms with Crippen molar-refractivity contribution in [3.63, 3.8) is 0 Å². The van der Waals surface area contributed by atoms with Gasteiger partial charge in [0.1, 0.15) is 0 Å². The van der Waals surface area contributed by atoms with Crippen molar-refractivity contribution in [3.05, 3.63) is 0 Å². The van der Waals surface area contributed by atoms with Crippen LogP contribution in [-0.2, 0) is 9.93 Å². The minimum Gasteiger partial charge on any atom is -0.391 e. The molecule has 1 heterocycles. The second kappa shape index (κ2) is 3.85.